The van der Waals surface area contributed by atoms with Gasteiger partial charge in [0.05, 0.1) is 35.0 Å². The van der Waals surface area contributed by atoms with Crippen molar-refractivity contribution < 1.29 is 9.53 Å². The highest BCUT2D eigenvalue weighted by atomic mass is 35.5. The van der Waals surface area contributed by atoms with Crippen LogP contribution in [0.1, 0.15) is 18.7 Å². The van der Waals surface area contributed by atoms with Gasteiger partial charge < -0.3 is 25.7 Å². The first-order valence-electron chi connectivity index (χ1n) is 9.65. The molecular formula is C20H21ClN8O2. The number of halogens is 1. The molecular weight excluding hydrogens is 420 g/mol. The van der Waals surface area contributed by atoms with Gasteiger partial charge in [-0.15, -0.1) is 0 Å². The summed E-state index contributed by atoms with van der Waals surface area (Å²) in [5, 5.41) is 10.7. The van der Waals surface area contributed by atoms with E-state index in [1.54, 1.807) is 19.4 Å². The number of nitrogens with zero attached hydrogens (tertiary/aromatic N) is 4. The van der Waals surface area contributed by atoms with Crippen molar-refractivity contribution in [2.45, 2.75) is 13.0 Å². The van der Waals surface area contributed by atoms with E-state index in [1.807, 2.05) is 25.1 Å². The average molecular weight is 441 g/mol. The number of hydrogen-bond acceptors (Lipinski definition) is 7. The third kappa shape index (κ3) is 4.43. The smallest absolute Gasteiger partial charge is 0.314 e. The quantitative estimate of drug-likeness (QED) is 0.325. The van der Waals surface area contributed by atoms with E-state index >= 15 is 0 Å². The van der Waals surface area contributed by atoms with Crippen molar-refractivity contribution in [2.75, 3.05) is 25.5 Å². The molecule has 0 spiro atoms. The number of anilines is 1. The normalized spacial score (nSPS) is 12.0. The number of rotatable bonds is 7. The molecule has 1 aromatic carbocycles. The summed E-state index contributed by atoms with van der Waals surface area (Å²) in [6, 6.07) is 7.10. The number of amides is 2. The van der Waals surface area contributed by atoms with Crippen LogP contribution in [-0.2, 0) is 0 Å². The number of pyridine rings is 1. The van der Waals surface area contributed by atoms with Gasteiger partial charge in [0.1, 0.15) is 18.5 Å². The summed E-state index contributed by atoms with van der Waals surface area (Å²) in [6.07, 6.45) is 3.03. The Morgan fingerprint density at radius 1 is 1.29 bits per heavy atom. The Balaban J connectivity index is 1.61. The maximum absolute atomic E-state index is 11.3. The van der Waals surface area contributed by atoms with Crippen molar-refractivity contribution >= 4 is 45.4 Å². The molecule has 4 aromatic rings. The Labute approximate surface area is 182 Å². The predicted molar refractivity (Wildman–Crippen MR) is 118 cm³/mol. The molecule has 0 fully saturated rings. The molecule has 1 unspecified atom stereocenters. The minimum atomic E-state index is -0.277. The first-order valence-corrected chi connectivity index (χ1v) is 10.0. The second-order valence-electron chi connectivity index (χ2n) is 6.73. The first-order chi connectivity index (χ1) is 15.1. The number of imidazole rings is 1. The lowest BCUT2D eigenvalue weighted by Gasteiger charge is -2.17. The zero-order valence-electron chi connectivity index (χ0n) is 16.9. The van der Waals surface area contributed by atoms with E-state index in [4.69, 9.17) is 21.3 Å². The van der Waals surface area contributed by atoms with Crippen LogP contribution in [0, 0.1) is 0 Å². The van der Waals surface area contributed by atoms with Crippen molar-refractivity contribution in [1.82, 2.24) is 35.6 Å². The molecule has 0 saturated carbocycles. The van der Waals surface area contributed by atoms with Gasteiger partial charge in [0.15, 0.2) is 11.5 Å². The highest BCUT2D eigenvalue weighted by Gasteiger charge is 2.16. The average Bonchev–Trinajstić information content (AvgIpc) is 3.26. The van der Waals surface area contributed by atoms with E-state index in [9.17, 15) is 4.79 Å². The molecule has 4 rings (SSSR count). The SMILES string of the molecule is CNC(=O)NCCOc1nc(C(C)Nc2ncnc3nc[nH]c23)cc2cccc(Cl)c12. The van der Waals surface area contributed by atoms with Crippen LogP contribution in [0.15, 0.2) is 36.9 Å². The summed E-state index contributed by atoms with van der Waals surface area (Å²) in [5.74, 6) is 1.03. The van der Waals surface area contributed by atoms with Crippen LogP contribution < -0.4 is 20.7 Å². The number of urea groups is 1. The maximum atomic E-state index is 11.3. The van der Waals surface area contributed by atoms with Crippen molar-refractivity contribution in [2.24, 2.45) is 0 Å². The summed E-state index contributed by atoms with van der Waals surface area (Å²) >= 11 is 6.42. The number of aromatic amines is 1. The number of hydrogen-bond donors (Lipinski definition) is 4. The summed E-state index contributed by atoms with van der Waals surface area (Å²) in [6.45, 7) is 2.54. The number of H-pyrrole nitrogens is 1. The Bertz CT molecular complexity index is 1230. The number of carbonyl (C=O) groups excluding carboxylic acids is 1. The van der Waals surface area contributed by atoms with Gasteiger partial charge in [0, 0.05) is 7.05 Å². The van der Waals surface area contributed by atoms with Crippen LogP contribution in [0.3, 0.4) is 0 Å². The van der Waals surface area contributed by atoms with E-state index in [0.717, 1.165) is 22.0 Å². The predicted octanol–water partition coefficient (Wildman–Crippen LogP) is 3.04. The molecule has 0 saturated heterocycles. The van der Waals surface area contributed by atoms with Gasteiger partial charge in [-0.2, -0.15) is 0 Å². The molecule has 31 heavy (non-hydrogen) atoms. The lowest BCUT2D eigenvalue weighted by Crippen LogP contribution is -2.35. The molecule has 1 atom stereocenters. The third-order valence-electron chi connectivity index (χ3n) is 4.67. The lowest BCUT2D eigenvalue weighted by atomic mass is 10.1. The molecule has 11 heteroatoms. The van der Waals surface area contributed by atoms with Crippen molar-refractivity contribution in [3.8, 4) is 5.88 Å². The zero-order chi connectivity index (χ0) is 21.8. The number of benzene rings is 1. The topological polar surface area (TPSA) is 130 Å². The molecule has 0 aliphatic carbocycles. The fourth-order valence-corrected chi connectivity index (χ4v) is 3.39. The third-order valence-corrected chi connectivity index (χ3v) is 4.98. The van der Waals surface area contributed by atoms with E-state index in [2.05, 4.69) is 35.9 Å². The van der Waals surface area contributed by atoms with Crippen LogP contribution in [-0.4, -0.2) is 51.2 Å². The van der Waals surface area contributed by atoms with Crippen LogP contribution >= 0.6 is 11.6 Å². The van der Waals surface area contributed by atoms with Gasteiger partial charge in [-0.1, -0.05) is 23.7 Å². The highest BCUT2D eigenvalue weighted by molar-refractivity contribution is 6.36. The number of aromatic nitrogens is 5. The van der Waals surface area contributed by atoms with Gasteiger partial charge in [0.25, 0.3) is 0 Å². The van der Waals surface area contributed by atoms with Gasteiger partial charge in [-0.3, -0.25) is 0 Å². The standard InChI is InChI=1S/C20H21ClN8O2/c1-11(28-18-16-17(25-9-24-16)26-10-27-18)14-8-12-4-3-5-13(21)15(12)19(29-14)31-7-6-23-20(30)22-2/h3-5,8-11H,6-7H2,1-2H3,(H2,22,23,30)(H2,24,25,26,27,28). The zero-order valence-corrected chi connectivity index (χ0v) is 17.7. The summed E-state index contributed by atoms with van der Waals surface area (Å²) in [4.78, 5) is 31.7. The number of fused-ring (bicyclic) bond motifs is 2. The Kier molecular flexibility index (Phi) is 5.99. The Morgan fingerprint density at radius 3 is 3.00 bits per heavy atom. The molecule has 0 aliphatic heterocycles. The molecule has 4 N–H and O–H groups in total. The van der Waals surface area contributed by atoms with Crippen LogP contribution in [0.2, 0.25) is 5.02 Å². The van der Waals surface area contributed by atoms with E-state index < -0.39 is 0 Å². The highest BCUT2D eigenvalue weighted by Crippen LogP contribution is 2.33. The largest absolute Gasteiger partial charge is 0.475 e. The fourth-order valence-electron chi connectivity index (χ4n) is 3.13. The van der Waals surface area contributed by atoms with E-state index in [0.29, 0.717) is 28.9 Å². The monoisotopic (exact) mass is 440 g/mol. The molecule has 0 radical (unpaired) electrons. The van der Waals surface area contributed by atoms with Crippen molar-refractivity contribution in [1.29, 1.82) is 0 Å². The number of carbonyl (C=O) groups is 1. The molecule has 10 nitrogen and oxygen atoms in total. The minimum absolute atomic E-state index is 0.198. The summed E-state index contributed by atoms with van der Waals surface area (Å²) in [5.41, 5.74) is 2.04. The van der Waals surface area contributed by atoms with Crippen molar-refractivity contribution in [3.63, 3.8) is 0 Å². The molecule has 160 valence electrons. The molecule has 3 aromatic heterocycles. The van der Waals surface area contributed by atoms with Gasteiger partial charge in [-0.05, 0) is 24.4 Å². The fraction of sp³-hybridized carbons (Fsp3) is 0.250. The van der Waals surface area contributed by atoms with Crippen molar-refractivity contribution in [3.05, 3.63) is 47.6 Å². The first kappa shape index (κ1) is 20.6. The second kappa shape index (κ2) is 9.00. The van der Waals surface area contributed by atoms with Gasteiger partial charge >= 0.3 is 6.03 Å². The molecule has 0 bridgehead atoms. The number of nitrogens with one attached hydrogen (secondary N) is 4. The molecule has 3 heterocycles. The van der Waals surface area contributed by atoms with Crippen LogP contribution in [0.4, 0.5) is 10.6 Å². The molecule has 0 aliphatic rings. The minimum Gasteiger partial charge on any atom is -0.475 e. The number of ether oxygens (including phenoxy) is 1. The Morgan fingerprint density at radius 2 is 2.16 bits per heavy atom. The van der Waals surface area contributed by atoms with Crippen LogP contribution in [0.5, 0.6) is 5.88 Å². The van der Waals surface area contributed by atoms with E-state index in [-0.39, 0.29) is 18.7 Å². The maximum Gasteiger partial charge on any atom is 0.314 e. The van der Waals surface area contributed by atoms with Crippen LogP contribution in [0.25, 0.3) is 21.9 Å². The summed E-state index contributed by atoms with van der Waals surface area (Å²) < 4.78 is 5.89. The summed E-state index contributed by atoms with van der Waals surface area (Å²) in [7, 11) is 1.55. The van der Waals surface area contributed by atoms with Gasteiger partial charge in [-0.25, -0.2) is 24.7 Å². The Hall–Kier alpha value is -3.66. The van der Waals surface area contributed by atoms with Gasteiger partial charge in [0.2, 0.25) is 5.88 Å². The lowest BCUT2D eigenvalue weighted by molar-refractivity contribution is 0.238. The van der Waals surface area contributed by atoms with E-state index in [1.165, 1.54) is 6.33 Å². The second-order valence-corrected chi connectivity index (χ2v) is 7.14. The molecule has 2 amide bonds.